The fourth-order valence-electron chi connectivity index (χ4n) is 4.09. The van der Waals surface area contributed by atoms with E-state index in [1.165, 1.54) is 4.90 Å². The summed E-state index contributed by atoms with van der Waals surface area (Å²) in [6.45, 7) is 10.00. The predicted molar refractivity (Wildman–Crippen MR) is 137 cm³/mol. The Hall–Kier alpha value is -3.86. The number of ether oxygens (including phenoxy) is 1. The Morgan fingerprint density at radius 1 is 0.882 bits per heavy atom. The lowest BCUT2D eigenvalue weighted by Gasteiger charge is -2.16. The Balaban J connectivity index is 1.78. The molecule has 0 fully saturated rings. The first kappa shape index (κ1) is 23.3. The molecule has 0 unspecified atom stereocenters. The van der Waals surface area contributed by atoms with E-state index in [0.29, 0.717) is 22.6 Å². The number of hydrogen-bond donors (Lipinski definition) is 1. The minimum absolute atomic E-state index is 0.0445. The molecule has 174 valence electrons. The highest BCUT2D eigenvalue weighted by molar-refractivity contribution is 6.46. The van der Waals surface area contributed by atoms with Crippen molar-refractivity contribution in [2.45, 2.75) is 47.1 Å². The molecule has 34 heavy (non-hydrogen) atoms. The summed E-state index contributed by atoms with van der Waals surface area (Å²) >= 11 is 0. The molecule has 3 aromatic rings. The molecule has 0 radical (unpaired) electrons. The minimum Gasteiger partial charge on any atom is -0.491 e. The highest BCUT2D eigenvalue weighted by Gasteiger charge is 2.40. The molecular formula is C29H30N2O3. The summed E-state index contributed by atoms with van der Waals surface area (Å²) < 4.78 is 5.75. The highest BCUT2D eigenvalue weighted by Crippen LogP contribution is 2.35. The average Bonchev–Trinajstić information content (AvgIpc) is 3.05. The summed E-state index contributed by atoms with van der Waals surface area (Å²) in [4.78, 5) is 28.5. The van der Waals surface area contributed by atoms with Crippen LogP contribution < -0.4 is 15.0 Å². The number of benzene rings is 3. The third kappa shape index (κ3) is 4.60. The fraction of sp³-hybridized carbons (Fsp3) is 0.241. The number of carbonyl (C=O) groups is 2. The van der Waals surface area contributed by atoms with Crippen LogP contribution in [0.1, 0.15) is 43.0 Å². The van der Waals surface area contributed by atoms with E-state index in [-0.39, 0.29) is 23.6 Å². The summed E-state index contributed by atoms with van der Waals surface area (Å²) in [6.07, 6.45) is 0.929. The molecule has 1 aliphatic heterocycles. The molecule has 5 nitrogen and oxygen atoms in total. The number of hydrogen-bond acceptors (Lipinski definition) is 4. The fourth-order valence-corrected chi connectivity index (χ4v) is 4.09. The van der Waals surface area contributed by atoms with Gasteiger partial charge < -0.3 is 10.1 Å². The number of aryl methyl sites for hydroxylation is 3. The van der Waals surface area contributed by atoms with E-state index < -0.39 is 0 Å². The van der Waals surface area contributed by atoms with Crippen molar-refractivity contribution in [3.63, 3.8) is 0 Å². The molecule has 0 saturated heterocycles. The van der Waals surface area contributed by atoms with Crippen molar-refractivity contribution in [3.05, 3.63) is 94.7 Å². The number of amides is 2. The first-order valence-corrected chi connectivity index (χ1v) is 11.6. The van der Waals surface area contributed by atoms with Gasteiger partial charge in [0.25, 0.3) is 11.8 Å². The van der Waals surface area contributed by atoms with Gasteiger partial charge in [0.2, 0.25) is 0 Å². The van der Waals surface area contributed by atoms with Crippen LogP contribution in [0.5, 0.6) is 5.75 Å². The van der Waals surface area contributed by atoms with Crippen LogP contribution in [0.2, 0.25) is 0 Å². The molecule has 1 N–H and O–H groups in total. The second-order valence-corrected chi connectivity index (χ2v) is 8.85. The van der Waals surface area contributed by atoms with Gasteiger partial charge >= 0.3 is 0 Å². The van der Waals surface area contributed by atoms with Gasteiger partial charge in [-0.05, 0) is 81.1 Å². The topological polar surface area (TPSA) is 58.6 Å². The molecule has 0 saturated carbocycles. The van der Waals surface area contributed by atoms with E-state index in [1.54, 1.807) is 0 Å². The lowest BCUT2D eigenvalue weighted by atomic mass is 10.0. The minimum atomic E-state index is -0.369. The Kier molecular flexibility index (Phi) is 6.55. The van der Waals surface area contributed by atoms with E-state index in [2.05, 4.69) is 12.2 Å². The zero-order chi connectivity index (χ0) is 24.4. The molecule has 0 aliphatic carbocycles. The third-order valence-corrected chi connectivity index (χ3v) is 5.84. The van der Waals surface area contributed by atoms with Gasteiger partial charge in [-0.1, -0.05) is 48.9 Å². The van der Waals surface area contributed by atoms with Gasteiger partial charge in [-0.2, -0.15) is 0 Å². The maximum atomic E-state index is 13.6. The number of imide groups is 1. The Morgan fingerprint density at radius 2 is 1.56 bits per heavy atom. The van der Waals surface area contributed by atoms with Crippen molar-refractivity contribution in [1.29, 1.82) is 0 Å². The second-order valence-electron chi connectivity index (χ2n) is 8.85. The molecule has 1 aliphatic rings. The van der Waals surface area contributed by atoms with Crippen LogP contribution in [0, 0.1) is 13.8 Å². The number of carbonyl (C=O) groups excluding carboxylic acids is 2. The zero-order valence-corrected chi connectivity index (χ0v) is 20.3. The van der Waals surface area contributed by atoms with Crippen molar-refractivity contribution in [2.24, 2.45) is 0 Å². The summed E-state index contributed by atoms with van der Waals surface area (Å²) in [5, 5.41) is 3.27. The van der Waals surface area contributed by atoms with Crippen LogP contribution in [-0.4, -0.2) is 17.9 Å². The highest BCUT2D eigenvalue weighted by atomic mass is 16.5. The Labute approximate surface area is 201 Å². The lowest BCUT2D eigenvalue weighted by Crippen LogP contribution is -2.32. The molecule has 1 heterocycles. The van der Waals surface area contributed by atoms with Crippen LogP contribution in [0.15, 0.2) is 72.4 Å². The predicted octanol–water partition coefficient (Wildman–Crippen LogP) is 6.05. The molecule has 5 heteroatoms. The van der Waals surface area contributed by atoms with E-state index in [4.69, 9.17) is 4.74 Å². The maximum absolute atomic E-state index is 13.6. The van der Waals surface area contributed by atoms with Crippen LogP contribution in [0.3, 0.4) is 0 Å². The van der Waals surface area contributed by atoms with Gasteiger partial charge in [-0.25, -0.2) is 4.90 Å². The van der Waals surface area contributed by atoms with Gasteiger partial charge in [0, 0.05) is 5.69 Å². The van der Waals surface area contributed by atoms with Gasteiger partial charge in [0.15, 0.2) is 0 Å². The monoisotopic (exact) mass is 454 g/mol. The number of nitrogens with one attached hydrogen (secondary N) is 1. The molecule has 0 spiro atoms. The largest absolute Gasteiger partial charge is 0.491 e. The van der Waals surface area contributed by atoms with E-state index >= 15 is 0 Å². The Bertz CT molecular complexity index is 1260. The first-order valence-electron chi connectivity index (χ1n) is 11.6. The van der Waals surface area contributed by atoms with Gasteiger partial charge in [-0.3, -0.25) is 9.59 Å². The maximum Gasteiger partial charge on any atom is 0.282 e. The van der Waals surface area contributed by atoms with Crippen molar-refractivity contribution in [3.8, 4) is 5.75 Å². The summed E-state index contributed by atoms with van der Waals surface area (Å²) in [5.41, 5.74) is 5.90. The van der Waals surface area contributed by atoms with Crippen molar-refractivity contribution >= 4 is 28.8 Å². The van der Waals surface area contributed by atoms with Gasteiger partial charge in [0.1, 0.15) is 11.4 Å². The lowest BCUT2D eigenvalue weighted by molar-refractivity contribution is -0.120. The SMILES string of the molecule is CCc1ccc(N2C(=O)C(Nc3ccc(C)cc3C)=C(c3ccc(OC(C)C)cc3)C2=O)cc1. The molecule has 2 amide bonds. The average molecular weight is 455 g/mol. The van der Waals surface area contributed by atoms with Crippen molar-refractivity contribution in [2.75, 3.05) is 10.2 Å². The molecule has 0 atom stereocenters. The van der Waals surface area contributed by atoms with E-state index in [0.717, 1.165) is 28.8 Å². The van der Waals surface area contributed by atoms with Crippen molar-refractivity contribution < 1.29 is 14.3 Å². The van der Waals surface area contributed by atoms with E-state index in [1.807, 2.05) is 94.4 Å². The smallest absolute Gasteiger partial charge is 0.282 e. The Morgan fingerprint density at radius 3 is 2.15 bits per heavy atom. The number of anilines is 2. The molecule has 4 rings (SSSR count). The normalized spacial score (nSPS) is 13.8. The van der Waals surface area contributed by atoms with E-state index in [9.17, 15) is 9.59 Å². The third-order valence-electron chi connectivity index (χ3n) is 5.84. The first-order chi connectivity index (χ1) is 16.3. The van der Waals surface area contributed by atoms with Crippen LogP contribution in [-0.2, 0) is 16.0 Å². The van der Waals surface area contributed by atoms with Crippen LogP contribution in [0.4, 0.5) is 11.4 Å². The second kappa shape index (κ2) is 9.56. The number of rotatable bonds is 7. The molecule has 0 bridgehead atoms. The quantitative estimate of drug-likeness (QED) is 0.442. The van der Waals surface area contributed by atoms with Crippen LogP contribution >= 0.6 is 0 Å². The molecule has 3 aromatic carbocycles. The van der Waals surface area contributed by atoms with Gasteiger partial charge in [0.05, 0.1) is 17.4 Å². The van der Waals surface area contributed by atoms with Crippen LogP contribution in [0.25, 0.3) is 5.57 Å². The molecule has 0 aromatic heterocycles. The summed E-state index contributed by atoms with van der Waals surface area (Å²) in [7, 11) is 0. The zero-order valence-electron chi connectivity index (χ0n) is 20.3. The van der Waals surface area contributed by atoms with Crippen molar-refractivity contribution in [1.82, 2.24) is 0 Å². The summed E-state index contributed by atoms with van der Waals surface area (Å²) in [6, 6.07) is 20.8. The number of nitrogens with zero attached hydrogens (tertiary/aromatic N) is 1. The van der Waals surface area contributed by atoms with Gasteiger partial charge in [-0.15, -0.1) is 0 Å². The molecular weight excluding hydrogens is 424 g/mol. The standard InChI is InChI=1S/C29H30N2O3/c1-6-21-8-12-23(13-9-21)31-28(32)26(22-10-14-24(15-11-22)34-18(2)3)27(29(31)33)30-25-16-7-19(4)17-20(25)5/h7-18,30H,6H2,1-5H3. The summed E-state index contributed by atoms with van der Waals surface area (Å²) in [5.74, 6) is -0.00204.